The van der Waals surface area contributed by atoms with Crippen molar-refractivity contribution in [1.29, 1.82) is 0 Å². The molecule has 2 unspecified atom stereocenters. The highest BCUT2D eigenvalue weighted by Crippen LogP contribution is 2.23. The first-order valence-electron chi connectivity index (χ1n) is 10.0. The van der Waals surface area contributed by atoms with Crippen LogP contribution in [-0.4, -0.2) is 59.7 Å². The number of fused-ring (bicyclic) bond motifs is 1. The molecule has 3 rings (SSSR count). The molecule has 7 heteroatoms. The van der Waals surface area contributed by atoms with E-state index in [1.54, 1.807) is 0 Å². The standard InChI is InChI=1S/C22H31N3OS.2ClH/c1-2-3-9-19-15-25(13-12-24(19)14-18(23)16-27)22(26)21-11-6-8-17-7-4-5-10-20(17)21;;/h4-8,10-11,18-19,27H,2-3,9,12-16,23H2,1H3;2*1H. The van der Waals surface area contributed by atoms with Crippen LogP contribution in [0.4, 0.5) is 0 Å². The molecule has 162 valence electrons. The lowest BCUT2D eigenvalue weighted by molar-refractivity contribution is 0.0450. The molecule has 1 amide bonds. The predicted molar refractivity (Wildman–Crippen MR) is 131 cm³/mol. The summed E-state index contributed by atoms with van der Waals surface area (Å²) in [6, 6.07) is 14.6. The second kappa shape index (κ2) is 12.7. The molecule has 0 bridgehead atoms. The maximum absolute atomic E-state index is 13.3. The summed E-state index contributed by atoms with van der Waals surface area (Å²) in [7, 11) is 0. The molecule has 1 aliphatic heterocycles. The van der Waals surface area contributed by atoms with Crippen molar-refractivity contribution >= 4 is 54.1 Å². The van der Waals surface area contributed by atoms with E-state index < -0.39 is 0 Å². The third-order valence-electron chi connectivity index (χ3n) is 5.51. The molecule has 4 nitrogen and oxygen atoms in total. The monoisotopic (exact) mass is 457 g/mol. The van der Waals surface area contributed by atoms with Crippen molar-refractivity contribution in [2.24, 2.45) is 5.73 Å². The molecule has 29 heavy (non-hydrogen) atoms. The smallest absolute Gasteiger partial charge is 0.254 e. The highest BCUT2D eigenvalue weighted by Gasteiger charge is 2.30. The van der Waals surface area contributed by atoms with Crippen LogP contribution in [-0.2, 0) is 0 Å². The van der Waals surface area contributed by atoms with Gasteiger partial charge in [-0.3, -0.25) is 9.69 Å². The highest BCUT2D eigenvalue weighted by molar-refractivity contribution is 7.80. The van der Waals surface area contributed by atoms with Gasteiger partial charge in [0.05, 0.1) is 0 Å². The minimum Gasteiger partial charge on any atom is -0.336 e. The first-order chi connectivity index (χ1) is 13.1. The van der Waals surface area contributed by atoms with E-state index in [0.717, 1.165) is 48.9 Å². The van der Waals surface area contributed by atoms with Gasteiger partial charge in [-0.1, -0.05) is 56.2 Å². The SMILES string of the molecule is CCCCC1CN(C(=O)c2cccc3ccccc23)CCN1CC(N)CS.Cl.Cl. The van der Waals surface area contributed by atoms with Crippen molar-refractivity contribution in [1.82, 2.24) is 9.80 Å². The van der Waals surface area contributed by atoms with Crippen LogP contribution >= 0.6 is 37.4 Å². The number of benzene rings is 2. The molecule has 0 radical (unpaired) electrons. The molecule has 1 heterocycles. The molecule has 1 fully saturated rings. The van der Waals surface area contributed by atoms with E-state index in [0.29, 0.717) is 11.8 Å². The van der Waals surface area contributed by atoms with Gasteiger partial charge in [0.2, 0.25) is 0 Å². The van der Waals surface area contributed by atoms with Crippen molar-refractivity contribution < 1.29 is 4.79 Å². The fourth-order valence-corrected chi connectivity index (χ4v) is 4.09. The van der Waals surface area contributed by atoms with Crippen LogP contribution in [0.5, 0.6) is 0 Å². The average molecular weight is 458 g/mol. The van der Waals surface area contributed by atoms with E-state index in [2.05, 4.69) is 36.6 Å². The van der Waals surface area contributed by atoms with Gasteiger partial charge in [-0.15, -0.1) is 24.8 Å². The van der Waals surface area contributed by atoms with Crippen LogP contribution in [0, 0.1) is 0 Å². The number of nitrogens with two attached hydrogens (primary N) is 1. The largest absolute Gasteiger partial charge is 0.336 e. The van der Waals surface area contributed by atoms with Gasteiger partial charge >= 0.3 is 0 Å². The zero-order valence-corrected chi connectivity index (χ0v) is 19.5. The van der Waals surface area contributed by atoms with Gasteiger partial charge in [0.25, 0.3) is 5.91 Å². The number of thiol groups is 1. The van der Waals surface area contributed by atoms with E-state index in [9.17, 15) is 4.79 Å². The number of halogens is 2. The summed E-state index contributed by atoms with van der Waals surface area (Å²) in [5.74, 6) is 0.835. The maximum atomic E-state index is 13.3. The van der Waals surface area contributed by atoms with Crippen LogP contribution in [0.2, 0.25) is 0 Å². The molecule has 0 aliphatic carbocycles. The minimum absolute atomic E-state index is 0. The molecular formula is C22H33Cl2N3OS. The molecule has 1 aliphatic rings. The molecule has 2 N–H and O–H groups in total. The molecular weight excluding hydrogens is 425 g/mol. The number of amides is 1. The van der Waals surface area contributed by atoms with Crippen LogP contribution in [0.1, 0.15) is 36.5 Å². The Kier molecular flexibility index (Phi) is 11.4. The fraction of sp³-hybridized carbons (Fsp3) is 0.500. The summed E-state index contributed by atoms with van der Waals surface area (Å²) in [5.41, 5.74) is 6.95. The zero-order chi connectivity index (χ0) is 19.2. The summed E-state index contributed by atoms with van der Waals surface area (Å²) in [6.07, 6.45) is 3.45. The summed E-state index contributed by atoms with van der Waals surface area (Å²) in [4.78, 5) is 17.8. The Balaban J connectivity index is 0.00000210. The van der Waals surface area contributed by atoms with Crippen molar-refractivity contribution in [2.45, 2.75) is 38.3 Å². The van der Waals surface area contributed by atoms with E-state index >= 15 is 0 Å². The van der Waals surface area contributed by atoms with E-state index in [-0.39, 0.29) is 36.8 Å². The Bertz CT molecular complexity index is 771. The number of unbranched alkanes of at least 4 members (excludes halogenated alkanes) is 1. The molecule has 2 aromatic carbocycles. The van der Waals surface area contributed by atoms with Crippen LogP contribution in [0.25, 0.3) is 10.8 Å². The van der Waals surface area contributed by atoms with Gasteiger partial charge < -0.3 is 10.6 Å². The summed E-state index contributed by atoms with van der Waals surface area (Å²) in [5, 5.41) is 2.15. The minimum atomic E-state index is 0. The maximum Gasteiger partial charge on any atom is 0.254 e. The Hall–Kier alpha value is -0.980. The Morgan fingerprint density at radius 3 is 2.62 bits per heavy atom. The van der Waals surface area contributed by atoms with Crippen molar-refractivity contribution in [3.8, 4) is 0 Å². The number of rotatable bonds is 7. The number of piperazine rings is 1. The first kappa shape index (κ1) is 26.1. The van der Waals surface area contributed by atoms with E-state index in [4.69, 9.17) is 5.73 Å². The number of carbonyl (C=O) groups is 1. The second-order valence-corrected chi connectivity index (χ2v) is 7.88. The lowest BCUT2D eigenvalue weighted by Crippen LogP contribution is -2.57. The number of hydrogen-bond acceptors (Lipinski definition) is 4. The third-order valence-corrected chi connectivity index (χ3v) is 5.98. The van der Waals surface area contributed by atoms with Gasteiger partial charge in [-0.25, -0.2) is 0 Å². The summed E-state index contributed by atoms with van der Waals surface area (Å²) in [6.45, 7) is 5.48. The fourth-order valence-electron chi connectivity index (χ4n) is 3.97. The highest BCUT2D eigenvalue weighted by atomic mass is 35.5. The summed E-state index contributed by atoms with van der Waals surface area (Å²) < 4.78 is 0. The zero-order valence-electron chi connectivity index (χ0n) is 17.0. The Morgan fingerprint density at radius 2 is 1.90 bits per heavy atom. The Labute approximate surface area is 192 Å². The first-order valence-corrected chi connectivity index (χ1v) is 10.6. The number of carbonyl (C=O) groups excluding carboxylic acids is 1. The van der Waals surface area contributed by atoms with Gasteiger partial charge in [0.15, 0.2) is 0 Å². The van der Waals surface area contributed by atoms with Crippen molar-refractivity contribution in [3.63, 3.8) is 0 Å². The van der Waals surface area contributed by atoms with Gasteiger partial charge in [0.1, 0.15) is 0 Å². The molecule has 1 saturated heterocycles. The lowest BCUT2D eigenvalue weighted by Gasteiger charge is -2.42. The van der Waals surface area contributed by atoms with Crippen molar-refractivity contribution in [2.75, 3.05) is 31.9 Å². The van der Waals surface area contributed by atoms with Crippen LogP contribution < -0.4 is 5.73 Å². The summed E-state index contributed by atoms with van der Waals surface area (Å²) >= 11 is 4.33. The van der Waals surface area contributed by atoms with E-state index in [1.807, 2.05) is 35.2 Å². The molecule has 0 saturated carbocycles. The third kappa shape index (κ3) is 6.50. The van der Waals surface area contributed by atoms with Crippen molar-refractivity contribution in [3.05, 3.63) is 48.0 Å². The second-order valence-electron chi connectivity index (χ2n) is 7.51. The lowest BCUT2D eigenvalue weighted by atomic mass is 10.0. The Morgan fingerprint density at radius 1 is 1.17 bits per heavy atom. The number of hydrogen-bond donors (Lipinski definition) is 2. The molecule has 0 aromatic heterocycles. The number of nitrogens with zero attached hydrogens (tertiary/aromatic N) is 2. The predicted octanol–water partition coefficient (Wildman–Crippen LogP) is 4.26. The molecule has 2 atom stereocenters. The van der Waals surface area contributed by atoms with Crippen LogP contribution in [0.3, 0.4) is 0 Å². The quantitative estimate of drug-likeness (QED) is 0.610. The normalized spacial score (nSPS) is 18.0. The van der Waals surface area contributed by atoms with Crippen LogP contribution in [0.15, 0.2) is 42.5 Å². The van der Waals surface area contributed by atoms with Gasteiger partial charge in [0, 0.05) is 49.6 Å². The van der Waals surface area contributed by atoms with E-state index in [1.165, 1.54) is 12.8 Å². The molecule has 0 spiro atoms. The topological polar surface area (TPSA) is 49.6 Å². The molecule has 2 aromatic rings. The van der Waals surface area contributed by atoms with Gasteiger partial charge in [-0.05, 0) is 23.3 Å². The average Bonchev–Trinajstić information content (AvgIpc) is 2.71. The van der Waals surface area contributed by atoms with Gasteiger partial charge in [-0.2, -0.15) is 12.6 Å².